The third-order valence-electron chi connectivity index (χ3n) is 3.11. The number of hydrogen-bond donors (Lipinski definition) is 1. The van der Waals surface area contributed by atoms with E-state index < -0.39 is 10.0 Å². The van der Waals surface area contributed by atoms with E-state index >= 15 is 0 Å². The number of aromatic nitrogens is 2. The van der Waals surface area contributed by atoms with E-state index in [0.29, 0.717) is 13.1 Å². The van der Waals surface area contributed by atoms with Gasteiger partial charge in [0.05, 0.1) is 10.9 Å². The molecule has 1 aliphatic heterocycles. The van der Waals surface area contributed by atoms with Crippen LogP contribution in [0.15, 0.2) is 33.6 Å². The van der Waals surface area contributed by atoms with Crippen molar-refractivity contribution in [2.24, 2.45) is 0 Å². The first kappa shape index (κ1) is 14.9. The van der Waals surface area contributed by atoms with Gasteiger partial charge in [-0.3, -0.25) is 0 Å². The fourth-order valence-electron chi connectivity index (χ4n) is 2.02. The summed E-state index contributed by atoms with van der Waals surface area (Å²) < 4.78 is 28.0. The largest absolute Gasteiger partial charge is 0.343 e. The topological polar surface area (TPSA) is 75.2 Å². The van der Waals surface area contributed by atoms with Crippen LogP contribution >= 0.6 is 27.3 Å². The lowest BCUT2D eigenvalue weighted by Gasteiger charge is -2.38. The highest BCUT2D eigenvalue weighted by Gasteiger charge is 2.32. The van der Waals surface area contributed by atoms with E-state index in [1.165, 1.54) is 11.3 Å². The Hall–Kier alpha value is -1.03. The lowest BCUT2D eigenvalue weighted by molar-refractivity contribution is 0.468. The molecule has 0 amide bonds. The zero-order valence-corrected chi connectivity index (χ0v) is 14.4. The number of rotatable bonds is 4. The number of halogens is 1. The van der Waals surface area contributed by atoms with Crippen LogP contribution < -0.4 is 9.62 Å². The van der Waals surface area contributed by atoms with Gasteiger partial charge in [-0.15, -0.1) is 10.2 Å². The normalized spacial score (nSPS) is 16.0. The zero-order chi connectivity index (χ0) is 15.0. The van der Waals surface area contributed by atoms with Gasteiger partial charge in [-0.1, -0.05) is 27.3 Å². The second-order valence-corrected chi connectivity index (χ2v) is 8.57. The third kappa shape index (κ3) is 3.25. The molecule has 2 heterocycles. The molecule has 1 aromatic carbocycles. The first-order chi connectivity index (χ1) is 9.94. The monoisotopic (exact) mass is 388 g/mol. The summed E-state index contributed by atoms with van der Waals surface area (Å²) in [4.78, 5) is 2.29. The van der Waals surface area contributed by atoms with E-state index in [4.69, 9.17) is 0 Å². The predicted molar refractivity (Wildman–Crippen MR) is 85.1 cm³/mol. The van der Waals surface area contributed by atoms with Crippen LogP contribution in [0.1, 0.15) is 5.01 Å². The van der Waals surface area contributed by atoms with Crippen molar-refractivity contribution in [1.29, 1.82) is 0 Å². The van der Waals surface area contributed by atoms with Crippen molar-refractivity contribution in [2.45, 2.75) is 17.9 Å². The van der Waals surface area contributed by atoms with Crippen molar-refractivity contribution in [3.63, 3.8) is 0 Å². The molecule has 1 fully saturated rings. The number of benzene rings is 1. The molecule has 0 bridgehead atoms. The van der Waals surface area contributed by atoms with Crippen LogP contribution in [-0.4, -0.2) is 37.7 Å². The highest BCUT2D eigenvalue weighted by Crippen LogP contribution is 2.25. The Balaban J connectivity index is 1.62. The van der Waals surface area contributed by atoms with E-state index in [9.17, 15) is 8.42 Å². The highest BCUT2D eigenvalue weighted by molar-refractivity contribution is 9.10. The van der Waals surface area contributed by atoms with Gasteiger partial charge >= 0.3 is 0 Å². The van der Waals surface area contributed by atoms with Crippen LogP contribution in [0.5, 0.6) is 0 Å². The maximum absolute atomic E-state index is 12.2. The minimum Gasteiger partial charge on any atom is -0.343 e. The van der Waals surface area contributed by atoms with Gasteiger partial charge in [-0.25, -0.2) is 13.1 Å². The zero-order valence-electron chi connectivity index (χ0n) is 11.2. The molecular weight excluding hydrogens is 376 g/mol. The molecule has 0 saturated carbocycles. The van der Waals surface area contributed by atoms with E-state index in [2.05, 4.69) is 30.8 Å². The van der Waals surface area contributed by atoms with Gasteiger partial charge in [0.25, 0.3) is 0 Å². The average molecular weight is 389 g/mol. The molecule has 1 aromatic heterocycles. The van der Waals surface area contributed by atoms with Gasteiger partial charge in [0.15, 0.2) is 0 Å². The van der Waals surface area contributed by atoms with Crippen LogP contribution in [-0.2, 0) is 10.0 Å². The van der Waals surface area contributed by atoms with E-state index in [1.54, 1.807) is 24.3 Å². The molecule has 0 unspecified atom stereocenters. The molecule has 1 N–H and O–H groups in total. The lowest BCUT2D eigenvalue weighted by atomic mass is 10.1. The average Bonchev–Trinajstić information content (AvgIpc) is 2.80. The number of nitrogens with zero attached hydrogens (tertiary/aromatic N) is 3. The summed E-state index contributed by atoms with van der Waals surface area (Å²) in [5, 5.41) is 9.75. The Morgan fingerprint density at radius 2 is 1.95 bits per heavy atom. The molecule has 2 aromatic rings. The first-order valence-corrected chi connectivity index (χ1v) is 9.36. The van der Waals surface area contributed by atoms with Gasteiger partial charge in [0, 0.05) is 17.6 Å². The minimum atomic E-state index is -3.47. The molecule has 6 nitrogen and oxygen atoms in total. The molecule has 0 aliphatic carbocycles. The predicted octanol–water partition coefficient (Wildman–Crippen LogP) is 1.78. The highest BCUT2D eigenvalue weighted by atomic mass is 79.9. The lowest BCUT2D eigenvalue weighted by Crippen LogP contribution is -2.59. The van der Waals surface area contributed by atoms with Crippen molar-refractivity contribution >= 4 is 42.4 Å². The molecule has 21 heavy (non-hydrogen) atoms. The molecule has 0 radical (unpaired) electrons. The smallest absolute Gasteiger partial charge is 0.240 e. The maximum Gasteiger partial charge on any atom is 0.240 e. The molecule has 0 atom stereocenters. The standard InChI is InChI=1S/C12H13BrN4O2S2/c1-8-14-15-12(20-8)17-6-10(7-17)16-21(18,19)11-4-2-9(13)3-5-11/h2-5,10,16H,6-7H2,1H3. The summed E-state index contributed by atoms with van der Waals surface area (Å²) in [7, 11) is -3.47. The van der Waals surface area contributed by atoms with Gasteiger partial charge in [0.1, 0.15) is 5.01 Å². The first-order valence-electron chi connectivity index (χ1n) is 6.27. The molecule has 3 rings (SSSR count). The van der Waals surface area contributed by atoms with Crippen LogP contribution in [0.25, 0.3) is 0 Å². The Kier molecular flexibility index (Phi) is 4.00. The number of hydrogen-bond acceptors (Lipinski definition) is 6. The van der Waals surface area contributed by atoms with Crippen molar-refractivity contribution in [3.8, 4) is 0 Å². The number of sulfonamides is 1. The van der Waals surface area contributed by atoms with Crippen LogP contribution in [0, 0.1) is 6.92 Å². The second kappa shape index (κ2) is 5.64. The SMILES string of the molecule is Cc1nnc(N2CC(NS(=O)(=O)c3ccc(Br)cc3)C2)s1. The van der Waals surface area contributed by atoms with Gasteiger partial charge in [-0.2, -0.15) is 0 Å². The van der Waals surface area contributed by atoms with Crippen molar-refractivity contribution < 1.29 is 8.42 Å². The minimum absolute atomic E-state index is 0.0946. The summed E-state index contributed by atoms with van der Waals surface area (Å²) in [6.45, 7) is 3.13. The Morgan fingerprint density at radius 1 is 1.29 bits per heavy atom. The summed E-state index contributed by atoms with van der Waals surface area (Å²) in [6.07, 6.45) is 0. The number of aryl methyl sites for hydroxylation is 1. The summed E-state index contributed by atoms with van der Waals surface area (Å²) >= 11 is 4.80. The number of anilines is 1. The second-order valence-electron chi connectivity index (χ2n) is 4.78. The summed E-state index contributed by atoms with van der Waals surface area (Å²) in [5.41, 5.74) is 0. The maximum atomic E-state index is 12.2. The van der Waals surface area contributed by atoms with Crippen molar-refractivity contribution in [2.75, 3.05) is 18.0 Å². The molecular formula is C12H13BrN4O2S2. The van der Waals surface area contributed by atoms with Crippen LogP contribution in [0.2, 0.25) is 0 Å². The number of nitrogens with one attached hydrogen (secondary N) is 1. The molecule has 9 heteroatoms. The Morgan fingerprint density at radius 3 is 2.52 bits per heavy atom. The van der Waals surface area contributed by atoms with E-state index in [1.807, 2.05) is 11.8 Å². The van der Waals surface area contributed by atoms with E-state index in [-0.39, 0.29) is 10.9 Å². The fraction of sp³-hybridized carbons (Fsp3) is 0.333. The van der Waals surface area contributed by atoms with E-state index in [0.717, 1.165) is 14.6 Å². The Bertz CT molecular complexity index is 739. The molecule has 1 saturated heterocycles. The van der Waals surface area contributed by atoms with Crippen molar-refractivity contribution in [1.82, 2.24) is 14.9 Å². The van der Waals surface area contributed by atoms with Crippen LogP contribution in [0.3, 0.4) is 0 Å². The molecule has 112 valence electrons. The summed E-state index contributed by atoms with van der Waals surface area (Å²) in [6, 6.07) is 6.49. The molecule has 0 spiro atoms. The van der Waals surface area contributed by atoms with Gasteiger partial charge in [0.2, 0.25) is 15.2 Å². The summed E-state index contributed by atoms with van der Waals surface area (Å²) in [5.74, 6) is 0. The third-order valence-corrected chi connectivity index (χ3v) is 6.08. The van der Waals surface area contributed by atoms with Crippen molar-refractivity contribution in [3.05, 3.63) is 33.7 Å². The van der Waals surface area contributed by atoms with Gasteiger partial charge < -0.3 is 4.90 Å². The Labute approximate surface area is 135 Å². The fourth-order valence-corrected chi connectivity index (χ4v) is 4.21. The molecule has 1 aliphatic rings. The van der Waals surface area contributed by atoms with Gasteiger partial charge in [-0.05, 0) is 31.2 Å². The quantitative estimate of drug-likeness (QED) is 0.863. The van der Waals surface area contributed by atoms with Crippen LogP contribution in [0.4, 0.5) is 5.13 Å².